The van der Waals surface area contributed by atoms with Gasteiger partial charge in [0.05, 0.1) is 6.33 Å². The average Bonchev–Trinajstić information content (AvgIpc) is 3.09. The first-order valence-corrected chi connectivity index (χ1v) is 9.34. The van der Waals surface area contributed by atoms with Gasteiger partial charge in [0.15, 0.2) is 0 Å². The Balaban J connectivity index is 1.62. The molecule has 0 N–H and O–H groups in total. The first-order valence-electron chi connectivity index (χ1n) is 8.96. The molecule has 7 heteroatoms. The number of para-hydroxylation sites is 1. The van der Waals surface area contributed by atoms with E-state index in [9.17, 15) is 9.59 Å². The molecule has 4 rings (SSSR count). The van der Waals surface area contributed by atoms with Crippen molar-refractivity contribution in [1.82, 2.24) is 14.5 Å². The van der Waals surface area contributed by atoms with Crippen molar-refractivity contribution in [2.75, 3.05) is 6.54 Å². The smallest absolute Gasteiger partial charge is 0.297 e. The Morgan fingerprint density at radius 3 is 2.71 bits per heavy atom. The summed E-state index contributed by atoms with van der Waals surface area (Å²) in [6.07, 6.45) is 1.40. The van der Waals surface area contributed by atoms with Crippen LogP contribution in [0.3, 0.4) is 0 Å². The minimum atomic E-state index is -0.372. The van der Waals surface area contributed by atoms with E-state index in [-0.39, 0.29) is 23.6 Å². The number of hydrogen-bond donors (Lipinski definition) is 0. The molecule has 0 atom stereocenters. The Morgan fingerprint density at radius 1 is 1.18 bits per heavy atom. The van der Waals surface area contributed by atoms with Crippen LogP contribution in [0.1, 0.15) is 12.5 Å². The molecule has 2 aromatic heterocycles. The lowest BCUT2D eigenvalue weighted by atomic mass is 10.2. The lowest BCUT2D eigenvalue weighted by Crippen LogP contribution is -2.36. The van der Waals surface area contributed by atoms with Crippen molar-refractivity contribution in [3.05, 3.63) is 75.8 Å². The van der Waals surface area contributed by atoms with Crippen molar-refractivity contribution in [3.8, 4) is 0 Å². The standard InChI is InChI=1S/C21H18ClN3O3/c1-2-24(11-14-7-3-5-9-16(14)22)18(26)12-25-13-23-19-15-8-4-6-10-17(15)28-20(19)21(25)27/h3-10,13H,2,11-12H2,1H3. The van der Waals surface area contributed by atoms with Crippen LogP contribution in [0.5, 0.6) is 0 Å². The van der Waals surface area contributed by atoms with Crippen LogP contribution in [0.15, 0.2) is 64.1 Å². The summed E-state index contributed by atoms with van der Waals surface area (Å²) in [6, 6.07) is 14.7. The summed E-state index contributed by atoms with van der Waals surface area (Å²) in [6.45, 7) is 2.65. The highest BCUT2D eigenvalue weighted by molar-refractivity contribution is 6.31. The molecule has 6 nitrogen and oxygen atoms in total. The number of carbonyl (C=O) groups is 1. The fourth-order valence-electron chi connectivity index (χ4n) is 3.18. The van der Waals surface area contributed by atoms with Gasteiger partial charge in [0.2, 0.25) is 11.5 Å². The number of amides is 1. The van der Waals surface area contributed by atoms with Gasteiger partial charge in [-0.15, -0.1) is 0 Å². The minimum absolute atomic E-state index is 0.114. The molecule has 0 aliphatic carbocycles. The second-order valence-corrected chi connectivity index (χ2v) is 6.86. The number of carbonyl (C=O) groups excluding carboxylic acids is 1. The lowest BCUT2D eigenvalue weighted by Gasteiger charge is -2.22. The van der Waals surface area contributed by atoms with Gasteiger partial charge in [-0.25, -0.2) is 4.98 Å². The van der Waals surface area contributed by atoms with Crippen molar-refractivity contribution in [2.45, 2.75) is 20.0 Å². The third-order valence-corrected chi connectivity index (χ3v) is 5.08. The molecule has 0 radical (unpaired) electrons. The predicted molar refractivity (Wildman–Crippen MR) is 108 cm³/mol. The van der Waals surface area contributed by atoms with Gasteiger partial charge in [-0.3, -0.25) is 14.2 Å². The number of rotatable bonds is 5. The number of aromatic nitrogens is 2. The van der Waals surface area contributed by atoms with E-state index in [0.29, 0.717) is 29.2 Å². The van der Waals surface area contributed by atoms with Crippen LogP contribution in [0.4, 0.5) is 0 Å². The van der Waals surface area contributed by atoms with Crippen molar-refractivity contribution in [1.29, 1.82) is 0 Å². The van der Waals surface area contributed by atoms with E-state index < -0.39 is 0 Å². The first kappa shape index (κ1) is 18.3. The Hall–Kier alpha value is -3.12. The molecule has 0 saturated heterocycles. The fourth-order valence-corrected chi connectivity index (χ4v) is 3.38. The normalized spacial score (nSPS) is 11.2. The number of fused-ring (bicyclic) bond motifs is 3. The fraction of sp³-hybridized carbons (Fsp3) is 0.190. The van der Waals surface area contributed by atoms with Gasteiger partial charge >= 0.3 is 0 Å². The number of likely N-dealkylation sites (N-methyl/N-ethyl adjacent to an activating group) is 1. The number of benzene rings is 2. The van der Waals surface area contributed by atoms with Crippen molar-refractivity contribution in [3.63, 3.8) is 0 Å². The summed E-state index contributed by atoms with van der Waals surface area (Å²) in [4.78, 5) is 31.6. The number of furan rings is 1. The van der Waals surface area contributed by atoms with Crippen molar-refractivity contribution < 1.29 is 9.21 Å². The molecule has 0 spiro atoms. The maximum atomic E-state index is 12.8. The van der Waals surface area contributed by atoms with Crippen LogP contribution in [-0.2, 0) is 17.9 Å². The van der Waals surface area contributed by atoms with E-state index >= 15 is 0 Å². The van der Waals surface area contributed by atoms with Gasteiger partial charge < -0.3 is 9.32 Å². The molecule has 0 bridgehead atoms. The highest BCUT2D eigenvalue weighted by atomic mass is 35.5. The molecule has 0 aliphatic heterocycles. The molecule has 0 unspecified atom stereocenters. The van der Waals surface area contributed by atoms with E-state index in [1.807, 2.05) is 43.3 Å². The molecule has 0 aliphatic rings. The SMILES string of the molecule is CCN(Cc1ccccc1Cl)C(=O)Cn1cnc2c(oc3ccccc32)c1=O. The molecule has 0 fully saturated rings. The maximum absolute atomic E-state index is 12.8. The average molecular weight is 396 g/mol. The molecule has 2 heterocycles. The van der Waals surface area contributed by atoms with Crippen LogP contribution in [0.2, 0.25) is 5.02 Å². The monoisotopic (exact) mass is 395 g/mol. The van der Waals surface area contributed by atoms with Crippen LogP contribution in [0.25, 0.3) is 22.1 Å². The van der Waals surface area contributed by atoms with Crippen molar-refractivity contribution >= 4 is 39.6 Å². The second kappa shape index (κ2) is 7.48. The molecule has 2 aromatic carbocycles. The highest BCUT2D eigenvalue weighted by Gasteiger charge is 2.18. The van der Waals surface area contributed by atoms with Gasteiger partial charge in [-0.05, 0) is 30.7 Å². The summed E-state index contributed by atoms with van der Waals surface area (Å²) in [5, 5.41) is 1.39. The third-order valence-electron chi connectivity index (χ3n) is 4.71. The van der Waals surface area contributed by atoms with Gasteiger partial charge in [0.1, 0.15) is 17.6 Å². The lowest BCUT2D eigenvalue weighted by molar-refractivity contribution is -0.132. The predicted octanol–water partition coefficient (Wildman–Crippen LogP) is 3.84. The van der Waals surface area contributed by atoms with Crippen molar-refractivity contribution in [2.24, 2.45) is 0 Å². The van der Waals surface area contributed by atoms with Crippen LogP contribution < -0.4 is 5.56 Å². The van der Waals surface area contributed by atoms with Gasteiger partial charge in [-0.1, -0.05) is 41.9 Å². The summed E-state index contributed by atoms with van der Waals surface area (Å²) in [5.74, 6) is -0.193. The molecule has 142 valence electrons. The third kappa shape index (κ3) is 3.27. The second-order valence-electron chi connectivity index (χ2n) is 6.45. The topological polar surface area (TPSA) is 68.3 Å². The first-order chi connectivity index (χ1) is 13.6. The zero-order chi connectivity index (χ0) is 19.7. The Bertz CT molecular complexity index is 1230. The Labute approximate surface area is 166 Å². The van der Waals surface area contributed by atoms with E-state index in [2.05, 4.69) is 4.98 Å². The zero-order valence-electron chi connectivity index (χ0n) is 15.3. The van der Waals surface area contributed by atoms with E-state index in [4.69, 9.17) is 16.0 Å². The Kier molecular flexibility index (Phi) is 4.88. The molecular formula is C21H18ClN3O3. The van der Waals surface area contributed by atoms with Crippen LogP contribution >= 0.6 is 11.6 Å². The largest absolute Gasteiger partial charge is 0.448 e. The maximum Gasteiger partial charge on any atom is 0.297 e. The molecule has 0 saturated carbocycles. The minimum Gasteiger partial charge on any atom is -0.448 e. The van der Waals surface area contributed by atoms with Gasteiger partial charge in [0, 0.05) is 23.5 Å². The quantitative estimate of drug-likeness (QED) is 0.514. The summed E-state index contributed by atoms with van der Waals surface area (Å²) >= 11 is 6.20. The summed E-state index contributed by atoms with van der Waals surface area (Å²) in [7, 11) is 0. The summed E-state index contributed by atoms with van der Waals surface area (Å²) < 4.78 is 6.95. The van der Waals surface area contributed by atoms with Gasteiger partial charge in [-0.2, -0.15) is 0 Å². The highest BCUT2D eigenvalue weighted by Crippen LogP contribution is 2.24. The number of halogens is 1. The number of hydrogen-bond acceptors (Lipinski definition) is 4. The Morgan fingerprint density at radius 2 is 1.93 bits per heavy atom. The van der Waals surface area contributed by atoms with Crippen LogP contribution in [0, 0.1) is 0 Å². The van der Waals surface area contributed by atoms with Gasteiger partial charge in [0.25, 0.3) is 5.56 Å². The molecule has 4 aromatic rings. The summed E-state index contributed by atoms with van der Waals surface area (Å²) in [5.41, 5.74) is 1.75. The van der Waals surface area contributed by atoms with Crippen LogP contribution in [-0.4, -0.2) is 26.9 Å². The van der Waals surface area contributed by atoms with E-state index in [0.717, 1.165) is 10.9 Å². The molecular weight excluding hydrogens is 378 g/mol. The molecule has 28 heavy (non-hydrogen) atoms. The zero-order valence-corrected chi connectivity index (χ0v) is 16.0. The number of nitrogens with zero attached hydrogens (tertiary/aromatic N) is 3. The van der Waals surface area contributed by atoms with E-state index in [1.54, 1.807) is 17.0 Å². The molecule has 1 amide bonds. The van der Waals surface area contributed by atoms with E-state index in [1.165, 1.54) is 10.9 Å².